The van der Waals surface area contributed by atoms with Crippen molar-refractivity contribution in [3.63, 3.8) is 0 Å². The van der Waals surface area contributed by atoms with E-state index in [2.05, 4.69) is 16.5 Å². The topological polar surface area (TPSA) is 73.1 Å². The van der Waals surface area contributed by atoms with Crippen molar-refractivity contribution in [1.82, 2.24) is 24.6 Å². The Morgan fingerprint density at radius 3 is 2.59 bits per heavy atom. The maximum atomic E-state index is 12.0. The van der Waals surface area contributed by atoms with Gasteiger partial charge in [-0.2, -0.15) is 0 Å². The number of fused-ring (bicyclic) bond motifs is 1. The van der Waals surface area contributed by atoms with Gasteiger partial charge >= 0.3 is 194 Å². The van der Waals surface area contributed by atoms with E-state index in [1.54, 1.807) is 11.2 Å². The monoisotopic (exact) mass is 487 g/mol. The van der Waals surface area contributed by atoms with Crippen LogP contribution < -0.4 is 9.22 Å². The van der Waals surface area contributed by atoms with Gasteiger partial charge in [-0.25, -0.2) is 0 Å². The standard InChI is InChI=1S/C24H22AsN5O2/c1-2-20(31)29-13-12-17(14-29)30-24-21(23(25)26-15-27-24)22(28-30)16-8-10-19(11-9-16)32-18-6-4-3-5-7-18/h2-11,15,17H,1,12-14,25H2/t17-/m1/s1. The van der Waals surface area contributed by atoms with Crippen molar-refractivity contribution >= 4 is 38.3 Å². The van der Waals surface area contributed by atoms with Gasteiger partial charge in [0.05, 0.1) is 0 Å². The summed E-state index contributed by atoms with van der Waals surface area (Å²) in [5.74, 6) is 1.50. The molecule has 2 atom stereocenters. The summed E-state index contributed by atoms with van der Waals surface area (Å²) in [6.45, 7) is 4.88. The molecule has 0 spiro atoms. The van der Waals surface area contributed by atoms with Gasteiger partial charge in [0.1, 0.15) is 0 Å². The van der Waals surface area contributed by atoms with Crippen LogP contribution in [0, 0.1) is 0 Å². The Balaban J connectivity index is 1.49. The molecule has 2 aromatic heterocycles. The molecule has 2 aromatic carbocycles. The van der Waals surface area contributed by atoms with E-state index in [-0.39, 0.29) is 11.9 Å². The maximum absolute atomic E-state index is 12.0. The van der Waals surface area contributed by atoms with Crippen LogP contribution in [0.15, 0.2) is 73.6 Å². The molecule has 1 aliphatic rings. The number of rotatable bonds is 5. The number of para-hydroxylation sites is 1. The number of benzene rings is 2. The van der Waals surface area contributed by atoms with Gasteiger partial charge in [0.15, 0.2) is 0 Å². The number of carbonyl (C=O) groups is 1. The molecule has 8 heteroatoms. The molecule has 0 radical (unpaired) electrons. The van der Waals surface area contributed by atoms with Crippen molar-refractivity contribution in [3.05, 3.63) is 73.6 Å². The number of carbonyl (C=O) groups excluding carboxylic acids is 1. The van der Waals surface area contributed by atoms with Crippen LogP contribution in [-0.2, 0) is 4.79 Å². The fourth-order valence-corrected chi connectivity index (χ4v) is 4.73. The van der Waals surface area contributed by atoms with Crippen molar-refractivity contribution in [2.75, 3.05) is 13.1 Å². The Kier molecular flexibility index (Phi) is 5.50. The van der Waals surface area contributed by atoms with Crippen LogP contribution >= 0.6 is 0 Å². The average Bonchev–Trinajstić information content (AvgIpc) is 3.46. The van der Waals surface area contributed by atoms with Crippen LogP contribution in [0.5, 0.6) is 11.5 Å². The first-order chi connectivity index (χ1) is 15.6. The van der Waals surface area contributed by atoms with Crippen molar-refractivity contribution < 1.29 is 9.53 Å². The van der Waals surface area contributed by atoms with Crippen molar-refractivity contribution in [3.8, 4) is 22.8 Å². The van der Waals surface area contributed by atoms with Crippen LogP contribution in [0.3, 0.4) is 0 Å². The van der Waals surface area contributed by atoms with Gasteiger partial charge in [0, 0.05) is 0 Å². The minimum atomic E-state index is -0.0488. The SMILES string of the molecule is C=CC(=O)N1CC[C@@H](n2nc(-c3ccc(Oc4ccccc4)cc3)c3c([AsH2])ncnc32)C1. The molecule has 1 amide bonds. The Labute approximate surface area is 194 Å². The number of aromatic nitrogens is 4. The summed E-state index contributed by atoms with van der Waals surface area (Å²) in [4.78, 5) is 22.8. The number of ether oxygens (including phenoxy) is 1. The summed E-state index contributed by atoms with van der Waals surface area (Å²) in [5.41, 5.74) is 2.62. The molecule has 1 unspecified atom stereocenters. The Morgan fingerprint density at radius 1 is 1.09 bits per heavy atom. The van der Waals surface area contributed by atoms with Crippen LogP contribution in [0.1, 0.15) is 12.5 Å². The first-order valence-corrected chi connectivity index (χ1v) is 11.6. The van der Waals surface area contributed by atoms with E-state index in [4.69, 9.17) is 9.84 Å². The molecule has 160 valence electrons. The van der Waals surface area contributed by atoms with Crippen molar-refractivity contribution in [1.29, 1.82) is 0 Å². The number of hydrogen-bond acceptors (Lipinski definition) is 5. The van der Waals surface area contributed by atoms with E-state index < -0.39 is 0 Å². The normalized spacial score (nSPS) is 15.8. The van der Waals surface area contributed by atoms with Crippen LogP contribution in [0.2, 0.25) is 0 Å². The summed E-state index contributed by atoms with van der Waals surface area (Å²) in [7, 11) is 0. The second kappa shape index (κ2) is 8.59. The second-order valence-electron chi connectivity index (χ2n) is 7.62. The Bertz CT molecular complexity index is 1290. The first kappa shape index (κ1) is 20.5. The van der Waals surface area contributed by atoms with Gasteiger partial charge in [-0.05, 0) is 0 Å². The fourth-order valence-electron chi connectivity index (χ4n) is 4.03. The van der Waals surface area contributed by atoms with Crippen molar-refractivity contribution in [2.45, 2.75) is 12.5 Å². The zero-order chi connectivity index (χ0) is 22.1. The third kappa shape index (κ3) is 3.80. The molecule has 3 heterocycles. The molecule has 0 aliphatic carbocycles. The summed E-state index contributed by atoms with van der Waals surface area (Å²) in [5, 5.41) is 5.91. The van der Waals surface area contributed by atoms with Crippen LogP contribution in [0.25, 0.3) is 22.3 Å². The number of likely N-dealkylation sites (tertiary alicyclic amines) is 1. The number of nitrogens with zero attached hydrogens (tertiary/aromatic N) is 5. The predicted octanol–water partition coefficient (Wildman–Crippen LogP) is 2.50. The quantitative estimate of drug-likeness (QED) is 0.320. The average molecular weight is 487 g/mol. The summed E-state index contributed by atoms with van der Waals surface area (Å²) >= 11 is 1.43. The second-order valence-corrected chi connectivity index (χ2v) is 8.77. The van der Waals surface area contributed by atoms with E-state index in [9.17, 15) is 4.79 Å². The molecule has 32 heavy (non-hydrogen) atoms. The molecule has 0 bridgehead atoms. The van der Waals surface area contributed by atoms with Crippen LogP contribution in [-0.4, -0.2) is 60.5 Å². The summed E-state index contributed by atoms with van der Waals surface area (Å²) in [6.07, 6.45) is 3.77. The predicted molar refractivity (Wildman–Crippen MR) is 126 cm³/mol. The third-order valence-corrected chi connectivity index (χ3v) is 6.54. The molecule has 5 rings (SSSR count). The zero-order valence-electron chi connectivity index (χ0n) is 17.4. The van der Waals surface area contributed by atoms with Gasteiger partial charge in [0.2, 0.25) is 0 Å². The van der Waals surface area contributed by atoms with Gasteiger partial charge < -0.3 is 0 Å². The van der Waals surface area contributed by atoms with E-state index in [1.807, 2.05) is 59.3 Å². The van der Waals surface area contributed by atoms with Gasteiger partial charge in [-0.3, -0.25) is 0 Å². The zero-order valence-corrected chi connectivity index (χ0v) is 19.8. The molecule has 1 aliphatic heterocycles. The molecule has 7 nitrogen and oxygen atoms in total. The molecule has 1 fully saturated rings. The van der Waals surface area contributed by atoms with Gasteiger partial charge in [-0.1, -0.05) is 0 Å². The van der Waals surface area contributed by atoms with Crippen LogP contribution in [0.4, 0.5) is 0 Å². The fraction of sp³-hybridized carbons (Fsp3) is 0.167. The third-order valence-electron chi connectivity index (χ3n) is 5.62. The Hall–Kier alpha value is -3.44. The summed E-state index contributed by atoms with van der Waals surface area (Å²) < 4.78 is 8.81. The molecular formula is C24H22AsN5O2. The molecular weight excluding hydrogens is 465 g/mol. The van der Waals surface area contributed by atoms with E-state index >= 15 is 0 Å². The number of amides is 1. The van der Waals surface area contributed by atoms with E-state index in [1.165, 1.54) is 22.9 Å². The minimum absolute atomic E-state index is 0.0488. The molecule has 1 saturated heterocycles. The Morgan fingerprint density at radius 2 is 1.84 bits per heavy atom. The van der Waals surface area contributed by atoms with Gasteiger partial charge in [-0.15, -0.1) is 0 Å². The summed E-state index contributed by atoms with van der Waals surface area (Å²) in [6, 6.07) is 17.7. The van der Waals surface area contributed by atoms with Crippen molar-refractivity contribution in [2.24, 2.45) is 0 Å². The molecule has 0 saturated carbocycles. The molecule has 0 N–H and O–H groups in total. The molecule has 4 aromatic rings. The number of hydrogen-bond donors (Lipinski definition) is 0. The van der Waals surface area contributed by atoms with Gasteiger partial charge in [0.25, 0.3) is 0 Å². The van der Waals surface area contributed by atoms with E-state index in [0.717, 1.165) is 44.7 Å². The van der Waals surface area contributed by atoms with E-state index in [0.29, 0.717) is 13.1 Å². The first-order valence-electron chi connectivity index (χ1n) is 10.4.